The van der Waals surface area contributed by atoms with Gasteiger partial charge in [0.25, 0.3) is 0 Å². The Hall–Kier alpha value is -3.98. The molecule has 0 unspecified atom stereocenters. The zero-order valence-electron chi connectivity index (χ0n) is 20.2. The average molecular weight is 560 g/mol. The van der Waals surface area contributed by atoms with Crippen molar-refractivity contribution in [1.82, 2.24) is 4.98 Å². The van der Waals surface area contributed by atoms with Crippen LogP contribution in [0.25, 0.3) is 21.7 Å². The molecule has 1 aromatic heterocycles. The van der Waals surface area contributed by atoms with E-state index >= 15 is 0 Å². The number of hydrogen-bond acceptors (Lipinski definition) is 7. The summed E-state index contributed by atoms with van der Waals surface area (Å²) in [6, 6.07) is 30.7. The van der Waals surface area contributed by atoms with Gasteiger partial charge >= 0.3 is 10.1 Å². The highest BCUT2D eigenvalue weighted by Crippen LogP contribution is 2.39. The summed E-state index contributed by atoms with van der Waals surface area (Å²) in [6.07, 6.45) is 1.63. The molecule has 38 heavy (non-hydrogen) atoms. The van der Waals surface area contributed by atoms with E-state index in [1.165, 1.54) is 23.5 Å². The number of benzene rings is 4. The van der Waals surface area contributed by atoms with Gasteiger partial charge in [0.15, 0.2) is 0 Å². The third-order valence-corrected chi connectivity index (χ3v) is 8.07. The van der Waals surface area contributed by atoms with Crippen LogP contribution in [0, 0.1) is 6.92 Å². The first-order valence-corrected chi connectivity index (χ1v) is 14.2. The van der Waals surface area contributed by atoms with Gasteiger partial charge in [0.05, 0.1) is 16.8 Å². The number of halogens is 1. The number of hydrazone groups is 1. The summed E-state index contributed by atoms with van der Waals surface area (Å²) < 4.78 is 30.3. The van der Waals surface area contributed by atoms with Crippen molar-refractivity contribution in [2.75, 3.05) is 5.43 Å². The van der Waals surface area contributed by atoms with Gasteiger partial charge in [0.2, 0.25) is 5.13 Å². The number of aromatic nitrogens is 1. The Morgan fingerprint density at radius 2 is 1.55 bits per heavy atom. The summed E-state index contributed by atoms with van der Waals surface area (Å²) in [7, 11) is -3.91. The maximum atomic E-state index is 12.5. The van der Waals surface area contributed by atoms with Crippen molar-refractivity contribution >= 4 is 44.4 Å². The van der Waals surface area contributed by atoms with Crippen molar-refractivity contribution < 1.29 is 12.6 Å². The van der Waals surface area contributed by atoms with Crippen LogP contribution in [0.5, 0.6) is 5.75 Å². The quantitative estimate of drug-likeness (QED) is 0.120. The second kappa shape index (κ2) is 11.2. The van der Waals surface area contributed by atoms with Crippen LogP contribution in [0.1, 0.15) is 11.1 Å². The first-order chi connectivity index (χ1) is 18.4. The summed E-state index contributed by atoms with van der Waals surface area (Å²) in [4.78, 5) is 5.88. The van der Waals surface area contributed by atoms with Gasteiger partial charge in [-0.15, -0.1) is 0 Å². The summed E-state index contributed by atoms with van der Waals surface area (Å²) in [5, 5.41) is 5.63. The van der Waals surface area contributed by atoms with Gasteiger partial charge in [-0.05, 0) is 66.6 Å². The van der Waals surface area contributed by atoms with E-state index in [1.807, 2.05) is 61.5 Å². The van der Waals surface area contributed by atoms with E-state index in [1.54, 1.807) is 42.6 Å². The molecular weight excluding hydrogens is 538 g/mol. The van der Waals surface area contributed by atoms with Gasteiger partial charge in [-0.3, -0.25) is 5.43 Å². The molecule has 6 nitrogen and oxygen atoms in total. The highest BCUT2D eigenvalue weighted by Gasteiger charge is 2.17. The predicted octanol–water partition coefficient (Wildman–Crippen LogP) is 7.65. The molecule has 9 heteroatoms. The molecule has 0 amide bonds. The van der Waals surface area contributed by atoms with Crippen LogP contribution < -0.4 is 9.61 Å². The Morgan fingerprint density at radius 1 is 0.868 bits per heavy atom. The third-order valence-electron chi connectivity index (χ3n) is 5.55. The fourth-order valence-corrected chi connectivity index (χ4v) is 5.61. The maximum absolute atomic E-state index is 12.5. The summed E-state index contributed by atoms with van der Waals surface area (Å²) in [5.41, 5.74) is 7.60. The summed E-state index contributed by atoms with van der Waals surface area (Å²) in [6.45, 7) is 1.89. The maximum Gasteiger partial charge on any atom is 0.339 e. The zero-order chi connectivity index (χ0) is 26.5. The van der Waals surface area contributed by atoms with Gasteiger partial charge in [-0.1, -0.05) is 83.1 Å². The standard InChI is InChI=1S/C29H22ClN3O3S2/c1-20-7-17-26(18-8-20)38(34,35)36-25-15-9-21(10-16-25)19-31-33-29-32-27(22-5-3-2-4-6-22)28(37-29)23-11-13-24(30)14-12-23/h2-19H,1H3,(H,32,33)/b31-19-. The van der Waals surface area contributed by atoms with Gasteiger partial charge in [-0.25, -0.2) is 4.98 Å². The van der Waals surface area contributed by atoms with Crippen LogP contribution in [0.3, 0.4) is 0 Å². The summed E-state index contributed by atoms with van der Waals surface area (Å²) in [5.74, 6) is 0.218. The zero-order valence-corrected chi connectivity index (χ0v) is 22.6. The fourth-order valence-electron chi connectivity index (χ4n) is 3.61. The smallest absolute Gasteiger partial charge is 0.339 e. The van der Waals surface area contributed by atoms with Crippen molar-refractivity contribution in [1.29, 1.82) is 0 Å². The first-order valence-electron chi connectivity index (χ1n) is 11.6. The Morgan fingerprint density at radius 3 is 2.24 bits per heavy atom. The summed E-state index contributed by atoms with van der Waals surface area (Å²) >= 11 is 7.57. The lowest BCUT2D eigenvalue weighted by Gasteiger charge is -2.07. The molecule has 4 aromatic carbocycles. The Kier molecular flexibility index (Phi) is 7.55. The molecule has 0 aliphatic carbocycles. The molecule has 0 fully saturated rings. The van der Waals surface area contributed by atoms with E-state index in [-0.39, 0.29) is 10.6 Å². The molecule has 5 aromatic rings. The number of thiazole rings is 1. The number of nitrogens with zero attached hydrogens (tertiary/aromatic N) is 2. The van der Waals surface area contributed by atoms with E-state index in [2.05, 4.69) is 10.5 Å². The van der Waals surface area contributed by atoms with Gasteiger partial charge < -0.3 is 4.18 Å². The van der Waals surface area contributed by atoms with Gasteiger partial charge in [0.1, 0.15) is 10.6 Å². The highest BCUT2D eigenvalue weighted by molar-refractivity contribution is 7.87. The molecule has 0 aliphatic heterocycles. The van der Waals surface area contributed by atoms with Crippen LogP contribution in [-0.4, -0.2) is 19.6 Å². The number of nitrogens with one attached hydrogen (secondary N) is 1. The Bertz CT molecular complexity index is 1670. The molecule has 0 radical (unpaired) electrons. The monoisotopic (exact) mass is 559 g/mol. The molecule has 0 spiro atoms. The number of hydrogen-bond donors (Lipinski definition) is 1. The molecule has 5 rings (SSSR count). The second-order valence-corrected chi connectivity index (χ2v) is 11.3. The topological polar surface area (TPSA) is 80.7 Å². The minimum absolute atomic E-state index is 0.106. The van der Waals surface area contributed by atoms with Crippen LogP contribution in [0.4, 0.5) is 5.13 Å². The lowest BCUT2D eigenvalue weighted by atomic mass is 10.1. The van der Waals surface area contributed by atoms with Crippen molar-refractivity contribution in [3.8, 4) is 27.4 Å². The highest BCUT2D eigenvalue weighted by atomic mass is 35.5. The fraction of sp³-hybridized carbons (Fsp3) is 0.0345. The number of rotatable bonds is 8. The molecule has 1 heterocycles. The van der Waals surface area contributed by atoms with E-state index in [4.69, 9.17) is 20.8 Å². The van der Waals surface area contributed by atoms with E-state index in [0.717, 1.165) is 32.8 Å². The van der Waals surface area contributed by atoms with Crippen LogP contribution >= 0.6 is 22.9 Å². The molecule has 0 saturated carbocycles. The van der Waals surface area contributed by atoms with Gasteiger partial charge in [0, 0.05) is 10.6 Å². The van der Waals surface area contributed by atoms with Crippen molar-refractivity contribution in [2.24, 2.45) is 5.10 Å². The molecule has 0 saturated heterocycles. The largest absolute Gasteiger partial charge is 0.379 e. The Balaban J connectivity index is 1.30. The van der Waals surface area contributed by atoms with Crippen LogP contribution in [0.15, 0.2) is 113 Å². The van der Waals surface area contributed by atoms with E-state index < -0.39 is 10.1 Å². The lowest BCUT2D eigenvalue weighted by Crippen LogP contribution is -2.09. The normalized spacial score (nSPS) is 11.5. The SMILES string of the molecule is Cc1ccc(S(=O)(=O)Oc2ccc(/C=N\Nc3nc(-c4ccccc4)c(-c4ccc(Cl)cc4)s3)cc2)cc1. The minimum Gasteiger partial charge on any atom is -0.379 e. The van der Waals surface area contributed by atoms with E-state index in [9.17, 15) is 8.42 Å². The third kappa shape index (κ3) is 6.11. The average Bonchev–Trinajstić information content (AvgIpc) is 3.35. The van der Waals surface area contributed by atoms with Crippen molar-refractivity contribution in [2.45, 2.75) is 11.8 Å². The van der Waals surface area contributed by atoms with Crippen LogP contribution in [0.2, 0.25) is 5.02 Å². The molecule has 0 aliphatic rings. The van der Waals surface area contributed by atoms with E-state index in [0.29, 0.717) is 10.2 Å². The number of aryl methyl sites for hydroxylation is 1. The van der Waals surface area contributed by atoms with Crippen molar-refractivity contribution in [3.05, 3.63) is 119 Å². The van der Waals surface area contributed by atoms with Crippen molar-refractivity contribution in [3.63, 3.8) is 0 Å². The number of anilines is 1. The minimum atomic E-state index is -3.91. The second-order valence-electron chi connectivity index (χ2n) is 8.36. The Labute approximate surface area is 230 Å². The lowest BCUT2D eigenvalue weighted by molar-refractivity contribution is 0.486. The molecule has 1 N–H and O–H groups in total. The molecular formula is C29H22ClN3O3S2. The molecule has 190 valence electrons. The molecule has 0 atom stereocenters. The molecule has 0 bridgehead atoms. The van der Waals surface area contributed by atoms with Crippen LogP contribution in [-0.2, 0) is 10.1 Å². The van der Waals surface area contributed by atoms with Gasteiger partial charge in [-0.2, -0.15) is 13.5 Å². The predicted molar refractivity (Wildman–Crippen MR) is 155 cm³/mol. The first kappa shape index (κ1) is 25.7.